The van der Waals surface area contributed by atoms with Crippen LogP contribution in [0, 0.1) is 0 Å². The Bertz CT molecular complexity index is 1090. The summed E-state index contributed by atoms with van der Waals surface area (Å²) in [5, 5.41) is 4.79. The van der Waals surface area contributed by atoms with Crippen molar-refractivity contribution in [2.45, 2.75) is 13.0 Å². The van der Waals surface area contributed by atoms with Crippen molar-refractivity contribution in [3.05, 3.63) is 64.9 Å². The molecule has 1 N–H and O–H groups in total. The van der Waals surface area contributed by atoms with Crippen LogP contribution in [0.2, 0.25) is 5.28 Å². The summed E-state index contributed by atoms with van der Waals surface area (Å²) in [6, 6.07) is 16.5. The van der Waals surface area contributed by atoms with E-state index in [9.17, 15) is 0 Å². The smallest absolute Gasteiger partial charge is 0.224 e. The van der Waals surface area contributed by atoms with E-state index in [1.807, 2.05) is 29.0 Å². The molecule has 0 aliphatic heterocycles. The van der Waals surface area contributed by atoms with E-state index in [2.05, 4.69) is 64.6 Å². The molecule has 3 heterocycles. The van der Waals surface area contributed by atoms with E-state index >= 15 is 0 Å². The highest BCUT2D eigenvalue weighted by Crippen LogP contribution is 2.33. The van der Waals surface area contributed by atoms with Gasteiger partial charge in [-0.1, -0.05) is 18.2 Å². The zero-order valence-corrected chi connectivity index (χ0v) is 18.2. The van der Waals surface area contributed by atoms with Crippen LogP contribution in [0.25, 0.3) is 27.3 Å². The number of rotatable bonds is 8. The van der Waals surface area contributed by atoms with E-state index in [4.69, 9.17) is 11.6 Å². The lowest BCUT2D eigenvalue weighted by atomic mass is 10.2. The maximum atomic E-state index is 6.29. The molecule has 4 rings (SSSR count). The third kappa shape index (κ3) is 4.67. The van der Waals surface area contributed by atoms with Gasteiger partial charge in [0.25, 0.3) is 0 Å². The summed E-state index contributed by atoms with van der Waals surface area (Å²) in [5.41, 5.74) is 2.76. The zero-order valence-electron chi connectivity index (χ0n) is 16.6. The minimum atomic E-state index is 0.264. The van der Waals surface area contributed by atoms with E-state index in [1.54, 1.807) is 11.3 Å². The molecule has 0 atom stereocenters. The maximum Gasteiger partial charge on any atom is 0.224 e. The first-order valence-corrected chi connectivity index (χ1v) is 10.9. The number of nitrogens with zero attached hydrogens (tertiary/aromatic N) is 4. The van der Waals surface area contributed by atoms with Crippen molar-refractivity contribution < 1.29 is 0 Å². The first kappa shape index (κ1) is 20.0. The molecule has 0 spiro atoms. The second-order valence-electron chi connectivity index (χ2n) is 7.20. The summed E-state index contributed by atoms with van der Waals surface area (Å²) in [6.07, 6.45) is 3.16. The summed E-state index contributed by atoms with van der Waals surface area (Å²) in [5.74, 6) is 0. The molecular formula is C22H24ClN5S. The van der Waals surface area contributed by atoms with E-state index in [0.29, 0.717) is 0 Å². The average Bonchev–Trinajstić information content (AvgIpc) is 3.34. The van der Waals surface area contributed by atoms with Gasteiger partial charge in [0.15, 0.2) is 0 Å². The molecule has 3 aromatic heterocycles. The Morgan fingerprint density at radius 3 is 2.69 bits per heavy atom. The topological polar surface area (TPSA) is 46.0 Å². The number of para-hydroxylation sites is 1. The molecule has 0 saturated heterocycles. The quantitative estimate of drug-likeness (QED) is 0.324. The molecule has 4 aromatic rings. The van der Waals surface area contributed by atoms with Gasteiger partial charge in [0.05, 0.1) is 10.6 Å². The second kappa shape index (κ2) is 9.05. The van der Waals surface area contributed by atoms with E-state index in [-0.39, 0.29) is 5.28 Å². The lowest BCUT2D eigenvalue weighted by Crippen LogP contribution is -2.20. The molecule has 0 radical (unpaired) electrons. The minimum absolute atomic E-state index is 0.264. The van der Waals surface area contributed by atoms with Crippen molar-refractivity contribution in [1.29, 1.82) is 0 Å². The molecular weight excluding hydrogens is 402 g/mol. The van der Waals surface area contributed by atoms with Gasteiger partial charge in [-0.2, -0.15) is 4.98 Å². The summed E-state index contributed by atoms with van der Waals surface area (Å²) < 4.78 is 2.05. The molecule has 29 heavy (non-hydrogen) atoms. The highest BCUT2D eigenvalue weighted by molar-refractivity contribution is 7.15. The van der Waals surface area contributed by atoms with Gasteiger partial charge in [0, 0.05) is 28.7 Å². The van der Waals surface area contributed by atoms with Crippen molar-refractivity contribution in [2.75, 3.05) is 27.2 Å². The number of aromatic nitrogens is 3. The van der Waals surface area contributed by atoms with Crippen LogP contribution in [0.4, 0.5) is 0 Å². The van der Waals surface area contributed by atoms with Gasteiger partial charge in [0.1, 0.15) is 5.65 Å². The molecule has 0 bridgehead atoms. The minimum Gasteiger partial charge on any atom is -0.312 e. The molecule has 0 saturated carbocycles. The number of benzene rings is 1. The molecule has 5 nitrogen and oxygen atoms in total. The summed E-state index contributed by atoms with van der Waals surface area (Å²) in [4.78, 5) is 13.6. The molecule has 1 aromatic carbocycles. The van der Waals surface area contributed by atoms with Crippen LogP contribution in [-0.4, -0.2) is 46.6 Å². The SMILES string of the molecule is CN(C)CCCNCc1ccc(-c2nc(Cl)nc3c2ccn3-c2ccccc2)s1. The molecule has 0 aliphatic rings. The van der Waals surface area contributed by atoms with Gasteiger partial charge in [-0.25, -0.2) is 4.98 Å². The highest BCUT2D eigenvalue weighted by atomic mass is 35.5. The van der Waals surface area contributed by atoms with Gasteiger partial charge >= 0.3 is 0 Å². The van der Waals surface area contributed by atoms with Gasteiger partial charge in [-0.05, 0) is 75.5 Å². The number of fused-ring (bicyclic) bond motifs is 1. The van der Waals surface area contributed by atoms with Crippen LogP contribution < -0.4 is 5.32 Å². The van der Waals surface area contributed by atoms with Crippen molar-refractivity contribution in [3.63, 3.8) is 0 Å². The number of thiophene rings is 1. The fourth-order valence-corrected chi connectivity index (χ4v) is 4.45. The molecule has 7 heteroatoms. The average molecular weight is 426 g/mol. The van der Waals surface area contributed by atoms with Crippen LogP contribution >= 0.6 is 22.9 Å². The third-order valence-electron chi connectivity index (χ3n) is 4.70. The van der Waals surface area contributed by atoms with Gasteiger partial charge < -0.3 is 14.8 Å². The Kier molecular flexibility index (Phi) is 6.25. The first-order chi connectivity index (χ1) is 14.1. The van der Waals surface area contributed by atoms with Crippen LogP contribution in [0.5, 0.6) is 0 Å². The number of nitrogens with one attached hydrogen (secondary N) is 1. The molecule has 0 fully saturated rings. The van der Waals surface area contributed by atoms with E-state index in [1.165, 1.54) is 4.88 Å². The fraction of sp³-hybridized carbons (Fsp3) is 0.273. The second-order valence-corrected chi connectivity index (χ2v) is 8.71. The first-order valence-electron chi connectivity index (χ1n) is 9.66. The standard InChI is InChI=1S/C22H24ClN5S/c1-27(2)13-6-12-24-15-17-9-10-19(29-17)20-18-11-14-28(16-7-4-3-5-8-16)21(18)26-22(23)25-20/h3-5,7-11,14,24H,6,12-13,15H2,1-2H3. The fourth-order valence-electron chi connectivity index (χ4n) is 3.30. The predicted octanol–water partition coefficient (Wildman–Crippen LogP) is 4.84. The molecule has 0 unspecified atom stereocenters. The molecule has 150 valence electrons. The van der Waals surface area contributed by atoms with Crippen LogP contribution in [0.1, 0.15) is 11.3 Å². The summed E-state index contributed by atoms with van der Waals surface area (Å²) in [6.45, 7) is 2.97. The lowest BCUT2D eigenvalue weighted by Gasteiger charge is -2.09. The lowest BCUT2D eigenvalue weighted by molar-refractivity contribution is 0.394. The van der Waals surface area contributed by atoms with Gasteiger partial charge in [0.2, 0.25) is 5.28 Å². The predicted molar refractivity (Wildman–Crippen MR) is 122 cm³/mol. The molecule has 0 aliphatic carbocycles. The number of hydrogen-bond donors (Lipinski definition) is 1. The van der Waals surface area contributed by atoms with Crippen molar-refractivity contribution in [1.82, 2.24) is 24.8 Å². The Morgan fingerprint density at radius 2 is 1.90 bits per heavy atom. The van der Waals surface area contributed by atoms with Crippen LogP contribution in [-0.2, 0) is 6.54 Å². The summed E-state index contributed by atoms with van der Waals surface area (Å²) >= 11 is 8.04. The Labute approximate surface area is 180 Å². The van der Waals surface area contributed by atoms with Crippen molar-refractivity contribution >= 4 is 34.0 Å². The van der Waals surface area contributed by atoms with Gasteiger partial charge in [-0.3, -0.25) is 0 Å². The van der Waals surface area contributed by atoms with Crippen LogP contribution in [0.3, 0.4) is 0 Å². The molecule has 0 amide bonds. The van der Waals surface area contributed by atoms with Crippen LogP contribution in [0.15, 0.2) is 54.7 Å². The van der Waals surface area contributed by atoms with Crippen molar-refractivity contribution in [2.24, 2.45) is 0 Å². The number of hydrogen-bond acceptors (Lipinski definition) is 5. The maximum absolute atomic E-state index is 6.29. The number of halogens is 1. The van der Waals surface area contributed by atoms with E-state index < -0.39 is 0 Å². The summed E-state index contributed by atoms with van der Waals surface area (Å²) in [7, 11) is 4.20. The van der Waals surface area contributed by atoms with E-state index in [0.717, 1.165) is 53.3 Å². The monoisotopic (exact) mass is 425 g/mol. The highest BCUT2D eigenvalue weighted by Gasteiger charge is 2.15. The Hall–Kier alpha value is -2.25. The Balaban J connectivity index is 1.57. The normalized spacial score (nSPS) is 11.6. The van der Waals surface area contributed by atoms with Gasteiger partial charge in [-0.15, -0.1) is 11.3 Å². The third-order valence-corrected chi connectivity index (χ3v) is 5.97. The zero-order chi connectivity index (χ0) is 20.2. The van der Waals surface area contributed by atoms with Crippen molar-refractivity contribution in [3.8, 4) is 16.3 Å². The largest absolute Gasteiger partial charge is 0.312 e. The Morgan fingerprint density at radius 1 is 1.07 bits per heavy atom.